The number of carbonyl (C=O) groups excluding carboxylic acids is 2. The van der Waals surface area contributed by atoms with Crippen LogP contribution in [0.2, 0.25) is 0 Å². The van der Waals surface area contributed by atoms with Gasteiger partial charge in [0.2, 0.25) is 22.7 Å². The van der Waals surface area contributed by atoms with E-state index in [1.807, 2.05) is 57.2 Å². The lowest BCUT2D eigenvalue weighted by Crippen LogP contribution is -2.13. The maximum Gasteiger partial charge on any atom is 0.225 e. The van der Waals surface area contributed by atoms with Gasteiger partial charge in [0.05, 0.1) is 11.0 Å². The average molecular weight is 589 g/mol. The number of fused-ring (bicyclic) bond motifs is 4. The quantitative estimate of drug-likeness (QED) is 0.195. The molecule has 6 aromatic rings. The maximum absolute atomic E-state index is 12.7. The van der Waals surface area contributed by atoms with E-state index in [0.717, 1.165) is 28.6 Å². The van der Waals surface area contributed by atoms with Gasteiger partial charge in [0, 0.05) is 23.6 Å². The number of carbonyl (C=O) groups is 2. The highest BCUT2D eigenvalue weighted by Gasteiger charge is 2.16. The first kappa shape index (κ1) is 28.1. The molecule has 0 bridgehead atoms. The van der Waals surface area contributed by atoms with Crippen molar-refractivity contribution in [2.24, 2.45) is 0 Å². The molecule has 4 heterocycles. The molecule has 0 fully saturated rings. The number of benzene rings is 2. The first-order valence-corrected chi connectivity index (χ1v) is 14.7. The third-order valence-electron chi connectivity index (χ3n) is 6.49. The molecule has 0 unspecified atom stereocenters. The summed E-state index contributed by atoms with van der Waals surface area (Å²) >= 11 is 2.37. The van der Waals surface area contributed by atoms with Crippen molar-refractivity contribution < 1.29 is 9.59 Å². The minimum atomic E-state index is -0.152. The molecule has 0 saturated heterocycles. The minimum absolute atomic E-state index is 0.0944. The normalized spacial score (nSPS) is 11.1. The van der Waals surface area contributed by atoms with Crippen LogP contribution in [0.5, 0.6) is 0 Å². The van der Waals surface area contributed by atoms with Gasteiger partial charge in [-0.2, -0.15) is 8.75 Å². The molecule has 41 heavy (non-hydrogen) atoms. The van der Waals surface area contributed by atoms with E-state index >= 15 is 0 Å². The Labute approximate surface area is 242 Å². The zero-order valence-corrected chi connectivity index (χ0v) is 24.6. The van der Waals surface area contributed by atoms with Crippen molar-refractivity contribution in [3.63, 3.8) is 0 Å². The second-order valence-electron chi connectivity index (χ2n) is 9.68. The van der Waals surface area contributed by atoms with Crippen LogP contribution in [0.25, 0.3) is 42.2 Å². The fourth-order valence-electron chi connectivity index (χ4n) is 4.41. The van der Waals surface area contributed by atoms with E-state index in [4.69, 9.17) is 0 Å². The van der Waals surface area contributed by atoms with E-state index in [1.54, 1.807) is 6.92 Å². The highest BCUT2D eigenvalue weighted by atomic mass is 32.1. The molecule has 0 spiro atoms. The zero-order valence-electron chi connectivity index (χ0n) is 22.9. The predicted octanol–water partition coefficient (Wildman–Crippen LogP) is 5.98. The number of H-pyrrole nitrogens is 2. The molecule has 4 N–H and O–H groups in total. The average Bonchev–Trinajstić information content (AvgIpc) is 3.54. The molecule has 0 aliphatic rings. The number of hydrogen-bond donors (Lipinski definition) is 4. The monoisotopic (exact) mass is 588 g/mol. The van der Waals surface area contributed by atoms with Crippen LogP contribution < -0.4 is 21.5 Å². The number of nitrogens with zero attached hydrogens (tertiary/aromatic N) is 2. The van der Waals surface area contributed by atoms with Gasteiger partial charge in [0.15, 0.2) is 11.6 Å². The van der Waals surface area contributed by atoms with Gasteiger partial charge in [0.25, 0.3) is 0 Å². The Balaban J connectivity index is 0.000000165. The molecule has 0 aliphatic carbocycles. The highest BCUT2D eigenvalue weighted by molar-refractivity contribution is 7.13. The van der Waals surface area contributed by atoms with Crippen LogP contribution in [0, 0.1) is 13.8 Å². The van der Waals surface area contributed by atoms with Gasteiger partial charge in [-0.1, -0.05) is 37.1 Å². The number of amides is 2. The van der Waals surface area contributed by atoms with Gasteiger partial charge >= 0.3 is 0 Å². The van der Waals surface area contributed by atoms with E-state index < -0.39 is 0 Å². The van der Waals surface area contributed by atoms with Crippen molar-refractivity contribution in [1.29, 1.82) is 0 Å². The Morgan fingerprint density at radius 1 is 0.756 bits per heavy atom. The summed E-state index contributed by atoms with van der Waals surface area (Å²) in [6, 6.07) is 11.4. The topological polar surface area (TPSA) is 150 Å². The predicted molar refractivity (Wildman–Crippen MR) is 167 cm³/mol. The number of pyridine rings is 2. The summed E-state index contributed by atoms with van der Waals surface area (Å²) in [6.45, 7) is 7.57. The third kappa shape index (κ3) is 5.61. The molecular weight excluding hydrogens is 560 g/mol. The van der Waals surface area contributed by atoms with Gasteiger partial charge in [-0.15, -0.1) is 0 Å². The van der Waals surface area contributed by atoms with Crippen molar-refractivity contribution in [1.82, 2.24) is 18.7 Å². The van der Waals surface area contributed by atoms with Crippen molar-refractivity contribution in [3.8, 4) is 0 Å². The van der Waals surface area contributed by atoms with Gasteiger partial charge in [-0.3, -0.25) is 19.2 Å². The molecule has 2 aromatic carbocycles. The summed E-state index contributed by atoms with van der Waals surface area (Å²) in [6.07, 6.45) is 1.53. The van der Waals surface area contributed by atoms with E-state index in [-0.39, 0.29) is 22.7 Å². The lowest BCUT2D eigenvalue weighted by atomic mass is 10.1. The maximum atomic E-state index is 12.7. The lowest BCUT2D eigenvalue weighted by molar-refractivity contribution is -0.116. The fraction of sp³-hybridized carbons (Fsp3) is 0.241. The number of aryl methyl sites for hydroxylation is 2. The number of hydrogen-bond acceptors (Lipinski definition) is 8. The summed E-state index contributed by atoms with van der Waals surface area (Å²) in [5.41, 5.74) is 3.41. The van der Waals surface area contributed by atoms with Crippen LogP contribution in [-0.2, 0) is 9.59 Å². The van der Waals surface area contributed by atoms with E-state index in [0.29, 0.717) is 55.7 Å². The number of aromatic nitrogens is 4. The summed E-state index contributed by atoms with van der Waals surface area (Å²) in [7, 11) is 0. The second-order valence-corrected chi connectivity index (χ2v) is 11.2. The molecule has 0 saturated carbocycles. The minimum Gasteiger partial charge on any atom is -0.345 e. The molecule has 0 atom stereocenters. The fourth-order valence-corrected chi connectivity index (χ4v) is 5.92. The van der Waals surface area contributed by atoms with Crippen molar-refractivity contribution in [2.45, 2.75) is 47.0 Å². The largest absolute Gasteiger partial charge is 0.345 e. The smallest absolute Gasteiger partial charge is 0.225 e. The summed E-state index contributed by atoms with van der Waals surface area (Å²) in [5, 5.41) is 7.55. The second kappa shape index (κ2) is 11.6. The SMILES string of the molecule is CCC(=O)Nc1nsc2[nH]c3ccc(C)cc3c(=O)c12.CCCC(=O)Nc1nsc2[nH]c3ccc(C)cc3c(=O)c12. The summed E-state index contributed by atoms with van der Waals surface area (Å²) < 4.78 is 8.37. The Morgan fingerprint density at radius 3 is 1.66 bits per heavy atom. The molecule has 4 aromatic heterocycles. The molecule has 6 rings (SSSR count). The van der Waals surface area contributed by atoms with Gasteiger partial charge in [0.1, 0.15) is 20.4 Å². The number of aromatic amines is 2. The molecular formula is C29H28N6O4S2. The molecule has 10 nitrogen and oxygen atoms in total. The van der Waals surface area contributed by atoms with Crippen LogP contribution >= 0.6 is 23.1 Å². The molecule has 12 heteroatoms. The Kier molecular flexibility index (Phi) is 7.95. The molecule has 210 valence electrons. The van der Waals surface area contributed by atoms with E-state index in [1.165, 1.54) is 23.1 Å². The van der Waals surface area contributed by atoms with E-state index in [9.17, 15) is 19.2 Å². The van der Waals surface area contributed by atoms with Gasteiger partial charge in [-0.25, -0.2) is 0 Å². The van der Waals surface area contributed by atoms with Crippen LogP contribution in [-0.4, -0.2) is 30.5 Å². The Bertz CT molecular complexity index is 2070. The lowest BCUT2D eigenvalue weighted by Gasteiger charge is -2.02. The Hall–Kier alpha value is -4.42. The van der Waals surface area contributed by atoms with Crippen molar-refractivity contribution >= 4 is 88.8 Å². The molecule has 0 aliphatic heterocycles. The zero-order chi connectivity index (χ0) is 29.3. The van der Waals surface area contributed by atoms with Crippen molar-refractivity contribution in [2.75, 3.05) is 10.6 Å². The Morgan fingerprint density at radius 2 is 1.22 bits per heavy atom. The first-order valence-electron chi connectivity index (χ1n) is 13.1. The number of rotatable bonds is 5. The van der Waals surface area contributed by atoms with Crippen LogP contribution in [0.1, 0.15) is 44.2 Å². The molecule has 2 amide bonds. The third-order valence-corrected chi connectivity index (χ3v) is 8.01. The first-order chi connectivity index (χ1) is 19.7. The van der Waals surface area contributed by atoms with E-state index in [2.05, 4.69) is 29.3 Å². The molecule has 0 radical (unpaired) electrons. The van der Waals surface area contributed by atoms with Gasteiger partial charge < -0.3 is 20.6 Å². The van der Waals surface area contributed by atoms with Gasteiger partial charge in [-0.05, 0) is 67.6 Å². The summed E-state index contributed by atoms with van der Waals surface area (Å²) in [5.74, 6) is 0.439. The highest BCUT2D eigenvalue weighted by Crippen LogP contribution is 2.26. The van der Waals surface area contributed by atoms with Crippen molar-refractivity contribution in [3.05, 3.63) is 68.0 Å². The number of anilines is 2. The number of nitrogens with one attached hydrogen (secondary N) is 4. The van der Waals surface area contributed by atoms with Crippen LogP contribution in [0.3, 0.4) is 0 Å². The van der Waals surface area contributed by atoms with Crippen LogP contribution in [0.4, 0.5) is 11.6 Å². The summed E-state index contributed by atoms with van der Waals surface area (Å²) in [4.78, 5) is 56.2. The standard InChI is InChI=1S/C15H15N3O2S.C14H13N3O2S/c1-3-4-11(19)17-14-12-13(20)9-7-8(2)5-6-10(9)16-15(12)21-18-14;1-3-10(18)16-13-11-12(19)8-6-7(2)4-5-9(8)15-14(11)20-17-13/h5-7H,3-4H2,1-2H3,(H,16,20)(H,17,18,19);4-6H,3H2,1-2H3,(H,15,19)(H,16,17,18). The van der Waals surface area contributed by atoms with Crippen LogP contribution in [0.15, 0.2) is 46.0 Å².